The second kappa shape index (κ2) is 7.77. The minimum absolute atomic E-state index is 0.0566. The first-order valence-corrected chi connectivity index (χ1v) is 10.0. The largest absolute Gasteiger partial charge is 0.497 e. The number of benzene rings is 2. The Kier molecular flexibility index (Phi) is 4.80. The lowest BCUT2D eigenvalue weighted by atomic mass is 10.1. The van der Waals surface area contributed by atoms with E-state index in [0.717, 1.165) is 39.4 Å². The molecule has 5 rings (SSSR count). The first-order valence-electron chi connectivity index (χ1n) is 10.0. The van der Waals surface area contributed by atoms with Gasteiger partial charge in [-0.15, -0.1) is 0 Å². The minimum Gasteiger partial charge on any atom is -0.497 e. The van der Waals surface area contributed by atoms with E-state index >= 15 is 0 Å². The van der Waals surface area contributed by atoms with Crippen molar-refractivity contribution < 1.29 is 14.6 Å². The van der Waals surface area contributed by atoms with Crippen molar-refractivity contribution in [3.63, 3.8) is 0 Å². The van der Waals surface area contributed by atoms with E-state index in [0.29, 0.717) is 18.2 Å². The van der Waals surface area contributed by atoms with E-state index in [4.69, 9.17) is 14.5 Å². The molecule has 1 aliphatic rings. The third-order valence-corrected chi connectivity index (χ3v) is 5.45. The van der Waals surface area contributed by atoms with Crippen LogP contribution in [0.25, 0.3) is 28.5 Å². The average Bonchev–Trinajstić information content (AvgIpc) is 3.26. The predicted octanol–water partition coefficient (Wildman–Crippen LogP) is 4.17. The van der Waals surface area contributed by atoms with Crippen LogP contribution >= 0.6 is 0 Å². The maximum Gasteiger partial charge on any atom is 0.154 e. The van der Waals surface area contributed by atoms with Crippen molar-refractivity contribution in [2.24, 2.45) is 0 Å². The molecule has 7 heteroatoms. The molecule has 0 radical (unpaired) electrons. The highest BCUT2D eigenvalue weighted by Gasteiger charge is 2.31. The van der Waals surface area contributed by atoms with Crippen LogP contribution in [0.5, 0.6) is 11.5 Å². The van der Waals surface area contributed by atoms with Gasteiger partial charge in [-0.05, 0) is 42.0 Å². The van der Waals surface area contributed by atoms with Gasteiger partial charge in [-0.1, -0.05) is 18.7 Å². The van der Waals surface area contributed by atoms with Gasteiger partial charge in [0.05, 0.1) is 42.0 Å². The molecule has 3 heterocycles. The van der Waals surface area contributed by atoms with Gasteiger partial charge in [0.25, 0.3) is 0 Å². The molecule has 0 amide bonds. The van der Waals surface area contributed by atoms with Crippen LogP contribution in [0.4, 0.5) is 11.5 Å². The number of aromatic amines is 1. The van der Waals surface area contributed by atoms with Crippen LogP contribution in [0, 0.1) is 0 Å². The topological polar surface area (TPSA) is 83.5 Å². The van der Waals surface area contributed by atoms with Crippen LogP contribution in [0.3, 0.4) is 0 Å². The van der Waals surface area contributed by atoms with Gasteiger partial charge >= 0.3 is 0 Å². The van der Waals surface area contributed by atoms with Crippen LogP contribution in [0.2, 0.25) is 0 Å². The maximum atomic E-state index is 9.98. The molecule has 2 aromatic heterocycles. The first kappa shape index (κ1) is 19.1. The molecule has 4 aromatic rings. The number of nitrogens with one attached hydrogen (secondary N) is 1. The van der Waals surface area contributed by atoms with Crippen LogP contribution in [0.15, 0.2) is 61.3 Å². The quantitative estimate of drug-likeness (QED) is 0.510. The standard InChI is InChI=1S/C24H22N4O3/c1-3-15-7-10-22(25-12-15)28-16(13-29)14-31-23-18(5-4-6-21(23)28)24-26-19-9-8-17(30-2)11-20(19)27-24/h3-12,16,29H,1,13-14H2,2H3,(H,26,27). The van der Waals surface area contributed by atoms with Gasteiger partial charge in [-0.3, -0.25) is 0 Å². The van der Waals surface area contributed by atoms with Gasteiger partial charge in [0.1, 0.15) is 24.0 Å². The van der Waals surface area contributed by atoms with E-state index in [1.54, 1.807) is 19.4 Å². The lowest BCUT2D eigenvalue weighted by Crippen LogP contribution is -2.43. The number of pyridine rings is 1. The highest BCUT2D eigenvalue weighted by Crippen LogP contribution is 2.44. The first-order chi connectivity index (χ1) is 15.2. The summed E-state index contributed by atoms with van der Waals surface area (Å²) in [4.78, 5) is 14.7. The zero-order valence-corrected chi connectivity index (χ0v) is 17.1. The summed E-state index contributed by atoms with van der Waals surface area (Å²) in [6.45, 7) is 4.06. The molecule has 0 fully saturated rings. The summed E-state index contributed by atoms with van der Waals surface area (Å²) < 4.78 is 11.4. The molecule has 0 saturated heterocycles. The molecule has 7 nitrogen and oxygen atoms in total. The second-order valence-electron chi connectivity index (χ2n) is 7.29. The van der Waals surface area contributed by atoms with Gasteiger partial charge in [0, 0.05) is 12.3 Å². The highest BCUT2D eigenvalue weighted by atomic mass is 16.5. The summed E-state index contributed by atoms with van der Waals surface area (Å²) in [5.74, 6) is 2.91. The molecule has 2 N–H and O–H groups in total. The maximum absolute atomic E-state index is 9.98. The number of ether oxygens (including phenoxy) is 2. The number of methoxy groups -OCH3 is 1. The molecular formula is C24H22N4O3. The number of anilines is 2. The third kappa shape index (κ3) is 3.29. The number of fused-ring (bicyclic) bond motifs is 2. The van der Waals surface area contributed by atoms with Crippen LogP contribution in [0.1, 0.15) is 5.56 Å². The Morgan fingerprint density at radius 3 is 2.94 bits per heavy atom. The summed E-state index contributed by atoms with van der Waals surface area (Å²) in [5.41, 5.74) is 4.34. The van der Waals surface area contributed by atoms with Crippen molar-refractivity contribution in [3.8, 4) is 22.9 Å². The molecule has 0 bridgehead atoms. The Labute approximate surface area is 179 Å². The molecule has 1 unspecified atom stereocenters. The lowest BCUT2D eigenvalue weighted by Gasteiger charge is -2.37. The van der Waals surface area contributed by atoms with E-state index in [2.05, 4.69) is 16.5 Å². The number of hydrogen-bond donors (Lipinski definition) is 2. The normalized spacial score (nSPS) is 15.4. The van der Waals surface area contributed by atoms with Crippen molar-refractivity contribution in [2.75, 3.05) is 25.2 Å². The van der Waals surface area contributed by atoms with E-state index in [9.17, 15) is 5.11 Å². The fraction of sp³-hybridized carbons (Fsp3) is 0.167. The number of hydrogen-bond acceptors (Lipinski definition) is 6. The molecule has 31 heavy (non-hydrogen) atoms. The molecule has 156 valence electrons. The number of nitrogens with zero attached hydrogens (tertiary/aromatic N) is 3. The molecule has 2 aromatic carbocycles. The Bertz CT molecular complexity index is 1250. The Morgan fingerprint density at radius 1 is 1.29 bits per heavy atom. The molecule has 0 spiro atoms. The van der Waals surface area contributed by atoms with Gasteiger partial charge in [0.15, 0.2) is 5.75 Å². The van der Waals surface area contributed by atoms with Crippen molar-refractivity contribution in [1.29, 1.82) is 0 Å². The van der Waals surface area contributed by atoms with Gasteiger partial charge < -0.3 is 24.5 Å². The Balaban J connectivity index is 1.62. The number of rotatable bonds is 5. The number of aliphatic hydroxyl groups excluding tert-OH is 1. The zero-order chi connectivity index (χ0) is 21.4. The minimum atomic E-state index is -0.246. The number of para-hydroxylation sites is 1. The molecule has 0 saturated carbocycles. The molecule has 1 aliphatic heterocycles. The third-order valence-electron chi connectivity index (χ3n) is 5.45. The SMILES string of the molecule is C=Cc1ccc(N2c3cccc(-c4nc5ccc(OC)cc5[nH]4)c3OCC2CO)nc1. The summed E-state index contributed by atoms with van der Waals surface area (Å²) >= 11 is 0. The summed E-state index contributed by atoms with van der Waals surface area (Å²) in [6.07, 6.45) is 3.52. The van der Waals surface area contributed by atoms with Gasteiger partial charge in [-0.25, -0.2) is 9.97 Å². The number of imidazole rings is 1. The van der Waals surface area contributed by atoms with Gasteiger partial charge in [0.2, 0.25) is 0 Å². The molecular weight excluding hydrogens is 392 g/mol. The Morgan fingerprint density at radius 2 is 2.19 bits per heavy atom. The van der Waals surface area contributed by atoms with E-state index in [1.165, 1.54) is 0 Å². The number of aromatic nitrogens is 3. The van der Waals surface area contributed by atoms with Crippen molar-refractivity contribution in [3.05, 3.63) is 66.9 Å². The monoisotopic (exact) mass is 414 g/mol. The summed E-state index contributed by atoms with van der Waals surface area (Å²) in [5, 5.41) is 9.98. The predicted molar refractivity (Wildman–Crippen MR) is 121 cm³/mol. The zero-order valence-electron chi connectivity index (χ0n) is 17.1. The smallest absolute Gasteiger partial charge is 0.154 e. The highest BCUT2D eigenvalue weighted by molar-refractivity contribution is 5.85. The van der Waals surface area contributed by atoms with E-state index in [-0.39, 0.29) is 12.6 Å². The molecule has 1 atom stereocenters. The van der Waals surface area contributed by atoms with E-state index in [1.807, 2.05) is 53.4 Å². The fourth-order valence-corrected chi connectivity index (χ4v) is 3.85. The Hall–Kier alpha value is -3.84. The van der Waals surface area contributed by atoms with Crippen molar-refractivity contribution in [2.45, 2.75) is 6.04 Å². The second-order valence-corrected chi connectivity index (χ2v) is 7.29. The van der Waals surface area contributed by atoms with Crippen LogP contribution in [-0.4, -0.2) is 46.4 Å². The summed E-state index contributed by atoms with van der Waals surface area (Å²) in [6, 6.07) is 15.3. The lowest BCUT2D eigenvalue weighted by molar-refractivity contribution is 0.195. The average molecular weight is 414 g/mol. The van der Waals surface area contributed by atoms with Crippen molar-refractivity contribution in [1.82, 2.24) is 15.0 Å². The summed E-state index contributed by atoms with van der Waals surface area (Å²) in [7, 11) is 1.64. The van der Waals surface area contributed by atoms with Crippen molar-refractivity contribution >= 4 is 28.6 Å². The number of aliphatic hydroxyl groups is 1. The van der Waals surface area contributed by atoms with Crippen LogP contribution < -0.4 is 14.4 Å². The fourth-order valence-electron chi connectivity index (χ4n) is 3.85. The number of H-pyrrole nitrogens is 1. The molecule has 0 aliphatic carbocycles. The van der Waals surface area contributed by atoms with E-state index < -0.39 is 0 Å². The van der Waals surface area contributed by atoms with Gasteiger partial charge in [-0.2, -0.15) is 0 Å². The van der Waals surface area contributed by atoms with Crippen LogP contribution in [-0.2, 0) is 0 Å².